The zero-order valence-corrected chi connectivity index (χ0v) is 11.2. The molecule has 2 aromatic rings. The number of carbonyl (C=O) groups is 2. The van der Waals surface area contributed by atoms with Crippen LogP contribution in [0.2, 0.25) is 0 Å². The van der Waals surface area contributed by atoms with Crippen LogP contribution in [0, 0.1) is 0 Å². The van der Waals surface area contributed by atoms with Crippen molar-refractivity contribution < 1.29 is 19.4 Å². The maximum absolute atomic E-state index is 11.8. The summed E-state index contributed by atoms with van der Waals surface area (Å²) in [6, 6.07) is 11.9. The van der Waals surface area contributed by atoms with Gasteiger partial charge in [0.15, 0.2) is 0 Å². The van der Waals surface area contributed by atoms with Crippen LogP contribution in [0.25, 0.3) is 0 Å². The van der Waals surface area contributed by atoms with E-state index in [-0.39, 0.29) is 17.2 Å². The minimum atomic E-state index is -1.17. The van der Waals surface area contributed by atoms with Crippen molar-refractivity contribution in [2.45, 2.75) is 0 Å². The van der Waals surface area contributed by atoms with Crippen molar-refractivity contribution in [3.63, 3.8) is 0 Å². The number of nitrogens with zero attached hydrogens (tertiary/aromatic N) is 1. The Labute approximate surface area is 121 Å². The van der Waals surface area contributed by atoms with Gasteiger partial charge in [0.25, 0.3) is 5.91 Å². The molecule has 0 aliphatic carbocycles. The van der Waals surface area contributed by atoms with Gasteiger partial charge in [-0.1, -0.05) is 18.2 Å². The lowest BCUT2D eigenvalue weighted by molar-refractivity contribution is 0.0690. The van der Waals surface area contributed by atoms with Gasteiger partial charge in [-0.2, -0.15) is 0 Å². The number of carboxylic acids is 1. The molecule has 0 radical (unpaired) electrons. The number of ether oxygens (including phenoxy) is 1. The molecule has 108 valence electrons. The van der Waals surface area contributed by atoms with E-state index in [9.17, 15) is 9.59 Å². The smallest absolute Gasteiger partial charge is 0.354 e. The van der Waals surface area contributed by atoms with Crippen molar-refractivity contribution in [1.29, 1.82) is 0 Å². The number of hydrogen-bond donors (Lipinski definition) is 2. The van der Waals surface area contributed by atoms with Crippen molar-refractivity contribution >= 4 is 11.9 Å². The van der Waals surface area contributed by atoms with Crippen LogP contribution in [0.3, 0.4) is 0 Å². The van der Waals surface area contributed by atoms with E-state index in [1.807, 2.05) is 30.3 Å². The molecule has 2 N–H and O–H groups in total. The second kappa shape index (κ2) is 7.04. The Morgan fingerprint density at radius 1 is 1.19 bits per heavy atom. The highest BCUT2D eigenvalue weighted by Crippen LogP contribution is 2.07. The maximum atomic E-state index is 11.8. The van der Waals surface area contributed by atoms with Gasteiger partial charge in [0.2, 0.25) is 0 Å². The first kappa shape index (κ1) is 14.5. The van der Waals surface area contributed by atoms with Gasteiger partial charge in [-0.15, -0.1) is 0 Å². The molecular weight excluding hydrogens is 272 g/mol. The molecule has 2 rings (SSSR count). The van der Waals surface area contributed by atoms with Crippen molar-refractivity contribution in [3.05, 3.63) is 59.9 Å². The molecule has 1 aromatic heterocycles. The molecule has 0 fully saturated rings. The van der Waals surface area contributed by atoms with Crippen LogP contribution in [-0.4, -0.2) is 35.1 Å². The van der Waals surface area contributed by atoms with E-state index < -0.39 is 5.97 Å². The number of carbonyl (C=O) groups excluding carboxylic acids is 1. The molecule has 0 saturated heterocycles. The zero-order chi connectivity index (χ0) is 15.1. The summed E-state index contributed by atoms with van der Waals surface area (Å²) in [5.41, 5.74) is 0.0882. The molecule has 1 amide bonds. The van der Waals surface area contributed by atoms with Crippen LogP contribution >= 0.6 is 0 Å². The van der Waals surface area contributed by atoms with Crippen molar-refractivity contribution in [1.82, 2.24) is 10.3 Å². The minimum Gasteiger partial charge on any atom is -0.492 e. The lowest BCUT2D eigenvalue weighted by Gasteiger charge is -2.07. The summed E-state index contributed by atoms with van der Waals surface area (Å²) in [6.45, 7) is 0.644. The quantitative estimate of drug-likeness (QED) is 0.787. The molecule has 0 saturated carbocycles. The van der Waals surface area contributed by atoms with Gasteiger partial charge in [-0.05, 0) is 24.3 Å². The summed E-state index contributed by atoms with van der Waals surface area (Å²) in [4.78, 5) is 26.3. The Morgan fingerprint density at radius 3 is 2.67 bits per heavy atom. The maximum Gasteiger partial charge on any atom is 0.354 e. The first-order valence-corrected chi connectivity index (χ1v) is 6.32. The van der Waals surface area contributed by atoms with Crippen molar-refractivity contribution in [2.24, 2.45) is 0 Å². The van der Waals surface area contributed by atoms with E-state index in [4.69, 9.17) is 9.84 Å². The molecular formula is C15H14N2O4. The Bertz CT molecular complexity index is 629. The average molecular weight is 286 g/mol. The van der Waals surface area contributed by atoms with Gasteiger partial charge in [-0.25, -0.2) is 9.78 Å². The van der Waals surface area contributed by atoms with E-state index >= 15 is 0 Å². The zero-order valence-electron chi connectivity index (χ0n) is 11.2. The molecule has 0 aliphatic heterocycles. The van der Waals surface area contributed by atoms with E-state index in [0.29, 0.717) is 13.2 Å². The van der Waals surface area contributed by atoms with Crippen LogP contribution in [0.1, 0.15) is 20.8 Å². The van der Waals surface area contributed by atoms with E-state index in [0.717, 1.165) is 5.75 Å². The van der Waals surface area contributed by atoms with Gasteiger partial charge in [0, 0.05) is 11.8 Å². The summed E-state index contributed by atoms with van der Waals surface area (Å²) in [5, 5.41) is 11.5. The number of rotatable bonds is 6. The Morgan fingerprint density at radius 2 is 1.95 bits per heavy atom. The Balaban J connectivity index is 1.82. The summed E-state index contributed by atoms with van der Waals surface area (Å²) in [7, 11) is 0. The Hall–Kier alpha value is -2.89. The second-order valence-corrected chi connectivity index (χ2v) is 4.15. The molecule has 6 heteroatoms. The number of nitrogens with one attached hydrogen (secondary N) is 1. The lowest BCUT2D eigenvalue weighted by atomic mass is 10.2. The predicted molar refractivity (Wildman–Crippen MR) is 75.5 cm³/mol. The fourth-order valence-electron chi connectivity index (χ4n) is 1.64. The first-order chi connectivity index (χ1) is 10.2. The highest BCUT2D eigenvalue weighted by Gasteiger charge is 2.10. The molecule has 21 heavy (non-hydrogen) atoms. The highest BCUT2D eigenvalue weighted by molar-refractivity contribution is 5.96. The molecule has 6 nitrogen and oxygen atoms in total. The topological polar surface area (TPSA) is 88.5 Å². The Kier molecular flexibility index (Phi) is 4.87. The van der Waals surface area contributed by atoms with E-state index in [2.05, 4.69) is 10.3 Å². The number of hydrogen-bond acceptors (Lipinski definition) is 4. The van der Waals surface area contributed by atoms with Crippen LogP contribution in [0.5, 0.6) is 5.75 Å². The summed E-state index contributed by atoms with van der Waals surface area (Å²) in [6.07, 6.45) is 1.29. The summed E-state index contributed by atoms with van der Waals surface area (Å²) in [5.74, 6) is -0.808. The lowest BCUT2D eigenvalue weighted by Crippen LogP contribution is -2.28. The molecule has 0 bridgehead atoms. The van der Waals surface area contributed by atoms with E-state index in [1.165, 1.54) is 18.3 Å². The van der Waals surface area contributed by atoms with E-state index in [1.54, 1.807) is 0 Å². The summed E-state index contributed by atoms with van der Waals surface area (Å²) >= 11 is 0. The number of aromatic nitrogens is 1. The van der Waals surface area contributed by atoms with Gasteiger partial charge in [0.05, 0.1) is 6.54 Å². The monoisotopic (exact) mass is 286 g/mol. The SMILES string of the molecule is O=C(NCCOc1ccccc1)c1ccnc(C(=O)O)c1. The van der Waals surface area contributed by atoms with Crippen LogP contribution in [0.4, 0.5) is 0 Å². The molecule has 0 atom stereocenters. The third-order valence-corrected chi connectivity index (χ3v) is 2.64. The number of carboxylic acid groups (broad SMARTS) is 1. The molecule has 1 heterocycles. The van der Waals surface area contributed by atoms with Gasteiger partial charge in [0.1, 0.15) is 18.1 Å². The largest absolute Gasteiger partial charge is 0.492 e. The number of benzene rings is 1. The highest BCUT2D eigenvalue weighted by atomic mass is 16.5. The predicted octanol–water partition coefficient (Wildman–Crippen LogP) is 1.59. The minimum absolute atomic E-state index is 0.164. The standard InChI is InChI=1S/C15H14N2O4/c18-14(11-6-7-16-13(10-11)15(19)20)17-8-9-21-12-4-2-1-3-5-12/h1-7,10H,8-9H2,(H,17,18)(H,19,20). The average Bonchev–Trinajstić information content (AvgIpc) is 2.52. The third-order valence-electron chi connectivity index (χ3n) is 2.64. The molecule has 0 unspecified atom stereocenters. The van der Waals surface area contributed by atoms with Crippen LogP contribution in [-0.2, 0) is 0 Å². The van der Waals surface area contributed by atoms with Crippen LogP contribution in [0.15, 0.2) is 48.7 Å². The fraction of sp³-hybridized carbons (Fsp3) is 0.133. The number of amides is 1. The van der Waals surface area contributed by atoms with Crippen molar-refractivity contribution in [2.75, 3.05) is 13.2 Å². The number of aromatic carboxylic acids is 1. The van der Waals surface area contributed by atoms with Crippen LogP contribution < -0.4 is 10.1 Å². The third kappa shape index (κ3) is 4.31. The number of para-hydroxylation sites is 1. The van der Waals surface area contributed by atoms with Gasteiger partial charge < -0.3 is 15.2 Å². The molecule has 0 aliphatic rings. The first-order valence-electron chi connectivity index (χ1n) is 6.32. The normalized spacial score (nSPS) is 9.90. The van der Waals surface area contributed by atoms with Gasteiger partial charge in [-0.3, -0.25) is 4.79 Å². The summed E-state index contributed by atoms with van der Waals surface area (Å²) < 4.78 is 5.43. The molecule has 0 spiro atoms. The molecule has 1 aromatic carbocycles. The van der Waals surface area contributed by atoms with Gasteiger partial charge >= 0.3 is 5.97 Å². The number of pyridine rings is 1. The fourth-order valence-corrected chi connectivity index (χ4v) is 1.64. The second-order valence-electron chi connectivity index (χ2n) is 4.15. The van der Waals surface area contributed by atoms with Crippen molar-refractivity contribution in [3.8, 4) is 5.75 Å².